The molecule has 2 aromatic rings. The van der Waals surface area contributed by atoms with Gasteiger partial charge in [0.2, 0.25) is 0 Å². The Kier molecular flexibility index (Phi) is 4.11. The van der Waals surface area contributed by atoms with Crippen LogP contribution >= 0.6 is 23.1 Å². The van der Waals surface area contributed by atoms with E-state index in [1.165, 1.54) is 17.1 Å². The number of anilines is 1. The van der Waals surface area contributed by atoms with E-state index >= 15 is 0 Å². The zero-order chi connectivity index (χ0) is 14.0. The fraction of sp³-hybridized carbons (Fsp3) is 0.429. The summed E-state index contributed by atoms with van der Waals surface area (Å²) in [6.45, 7) is 7.32. The Hall–Kier alpha value is -1.13. The highest BCUT2D eigenvalue weighted by atomic mass is 35.5. The van der Waals surface area contributed by atoms with Gasteiger partial charge in [0.1, 0.15) is 10.0 Å². The van der Waals surface area contributed by atoms with Gasteiger partial charge in [-0.2, -0.15) is 0 Å². The minimum atomic E-state index is 0.180. The maximum atomic E-state index is 6.02. The van der Waals surface area contributed by atoms with Gasteiger partial charge in [-0.1, -0.05) is 49.0 Å². The largest absolute Gasteiger partial charge is 0.369 e. The normalized spacial score (nSPS) is 11.6. The van der Waals surface area contributed by atoms with Gasteiger partial charge >= 0.3 is 0 Å². The monoisotopic (exact) mass is 295 g/mol. The lowest BCUT2D eigenvalue weighted by atomic mass is 9.87. The average Bonchev–Trinajstić information content (AvgIpc) is 2.74. The molecule has 1 heterocycles. The van der Waals surface area contributed by atoms with Crippen LogP contribution in [0.1, 0.15) is 32.0 Å². The summed E-state index contributed by atoms with van der Waals surface area (Å²) in [5.74, 6) is 0. The van der Waals surface area contributed by atoms with Crippen molar-refractivity contribution in [2.75, 3.05) is 11.9 Å². The van der Waals surface area contributed by atoms with Crippen LogP contribution in [0.25, 0.3) is 0 Å². The van der Waals surface area contributed by atoms with Crippen molar-refractivity contribution < 1.29 is 0 Å². The Morgan fingerprint density at radius 2 is 1.84 bits per heavy atom. The van der Waals surface area contributed by atoms with E-state index in [1.54, 1.807) is 0 Å². The molecule has 102 valence electrons. The van der Waals surface area contributed by atoms with E-state index in [1.807, 2.05) is 7.05 Å². The standard InChI is InChI=1S/C14H18ClN3S/c1-14(2,3)10-5-7-11(8-6-10)18(4)9-12-13(15)19-17-16-12/h5-8H,9H2,1-4H3. The van der Waals surface area contributed by atoms with Gasteiger partial charge in [0, 0.05) is 24.3 Å². The maximum Gasteiger partial charge on any atom is 0.139 e. The molecule has 0 aliphatic rings. The van der Waals surface area contributed by atoms with E-state index < -0.39 is 0 Å². The summed E-state index contributed by atoms with van der Waals surface area (Å²) in [5.41, 5.74) is 3.49. The molecule has 0 amide bonds. The molecule has 0 atom stereocenters. The lowest BCUT2D eigenvalue weighted by Crippen LogP contribution is -2.17. The van der Waals surface area contributed by atoms with Gasteiger partial charge in [-0.3, -0.25) is 0 Å². The van der Waals surface area contributed by atoms with Crippen molar-refractivity contribution in [1.82, 2.24) is 9.59 Å². The molecular formula is C14H18ClN3S. The molecule has 1 aromatic carbocycles. The Morgan fingerprint density at radius 3 is 2.32 bits per heavy atom. The number of benzene rings is 1. The first-order chi connectivity index (χ1) is 8.88. The molecule has 19 heavy (non-hydrogen) atoms. The van der Waals surface area contributed by atoms with Crippen LogP contribution in [0, 0.1) is 0 Å². The van der Waals surface area contributed by atoms with E-state index in [-0.39, 0.29) is 5.41 Å². The van der Waals surface area contributed by atoms with Crippen molar-refractivity contribution >= 4 is 28.8 Å². The number of rotatable bonds is 3. The Morgan fingerprint density at radius 1 is 1.21 bits per heavy atom. The number of aromatic nitrogens is 2. The predicted molar refractivity (Wildman–Crippen MR) is 82.2 cm³/mol. The number of nitrogens with zero attached hydrogens (tertiary/aromatic N) is 3. The van der Waals surface area contributed by atoms with Gasteiger partial charge in [0.15, 0.2) is 0 Å². The summed E-state index contributed by atoms with van der Waals surface area (Å²) in [6, 6.07) is 8.61. The van der Waals surface area contributed by atoms with Gasteiger partial charge in [-0.25, -0.2) is 0 Å². The summed E-state index contributed by atoms with van der Waals surface area (Å²) in [7, 11) is 2.03. The molecule has 0 saturated heterocycles. The van der Waals surface area contributed by atoms with Gasteiger partial charge in [-0.15, -0.1) is 5.10 Å². The van der Waals surface area contributed by atoms with E-state index in [0.29, 0.717) is 10.9 Å². The second-order valence-electron chi connectivity index (χ2n) is 5.65. The molecular weight excluding hydrogens is 278 g/mol. The molecule has 0 aliphatic heterocycles. The number of hydrogen-bond acceptors (Lipinski definition) is 4. The molecule has 0 radical (unpaired) electrons. The van der Waals surface area contributed by atoms with Gasteiger partial charge in [-0.05, 0) is 23.1 Å². The van der Waals surface area contributed by atoms with Crippen molar-refractivity contribution in [1.29, 1.82) is 0 Å². The maximum absolute atomic E-state index is 6.02. The summed E-state index contributed by atoms with van der Waals surface area (Å²) in [6.07, 6.45) is 0. The van der Waals surface area contributed by atoms with Crippen LogP contribution in [-0.2, 0) is 12.0 Å². The fourth-order valence-corrected chi connectivity index (χ4v) is 2.44. The molecule has 3 nitrogen and oxygen atoms in total. The summed E-state index contributed by atoms with van der Waals surface area (Å²) in [5, 5.41) is 4.03. The molecule has 0 spiro atoms. The molecule has 0 saturated carbocycles. The van der Waals surface area contributed by atoms with E-state index in [9.17, 15) is 0 Å². The van der Waals surface area contributed by atoms with Crippen LogP contribution in [0.4, 0.5) is 5.69 Å². The quantitative estimate of drug-likeness (QED) is 0.853. The minimum absolute atomic E-state index is 0.180. The Balaban J connectivity index is 2.12. The SMILES string of the molecule is CN(Cc1nnsc1Cl)c1ccc(C(C)(C)C)cc1. The summed E-state index contributed by atoms with van der Waals surface area (Å²) < 4.78 is 4.51. The highest BCUT2D eigenvalue weighted by Crippen LogP contribution is 2.26. The second-order valence-corrected chi connectivity index (χ2v) is 7.00. The van der Waals surface area contributed by atoms with Crippen LogP contribution in [0.3, 0.4) is 0 Å². The topological polar surface area (TPSA) is 29.0 Å². The van der Waals surface area contributed by atoms with E-state index in [0.717, 1.165) is 11.4 Å². The van der Waals surface area contributed by atoms with Gasteiger partial charge in [0.05, 0.1) is 6.54 Å². The second kappa shape index (κ2) is 5.47. The predicted octanol–water partition coefficient (Wildman–Crippen LogP) is 4.13. The van der Waals surface area contributed by atoms with Crippen LogP contribution in [0.5, 0.6) is 0 Å². The first-order valence-electron chi connectivity index (χ1n) is 6.16. The van der Waals surface area contributed by atoms with E-state index in [2.05, 4.69) is 59.5 Å². The first kappa shape index (κ1) is 14.3. The Labute approximate surface area is 123 Å². The van der Waals surface area contributed by atoms with Crippen LogP contribution < -0.4 is 4.90 Å². The minimum Gasteiger partial charge on any atom is -0.369 e. The molecule has 0 aliphatic carbocycles. The molecule has 5 heteroatoms. The van der Waals surface area contributed by atoms with Crippen molar-refractivity contribution in [3.05, 3.63) is 39.9 Å². The molecule has 0 fully saturated rings. The van der Waals surface area contributed by atoms with Crippen molar-refractivity contribution in [2.24, 2.45) is 0 Å². The highest BCUT2D eigenvalue weighted by molar-refractivity contribution is 7.10. The third kappa shape index (κ3) is 3.45. The van der Waals surface area contributed by atoms with Crippen molar-refractivity contribution in [3.8, 4) is 0 Å². The molecule has 1 aromatic heterocycles. The number of hydrogen-bond donors (Lipinski definition) is 0. The van der Waals surface area contributed by atoms with Crippen LogP contribution in [0.2, 0.25) is 4.34 Å². The van der Waals surface area contributed by atoms with Gasteiger partial charge < -0.3 is 4.90 Å². The lowest BCUT2D eigenvalue weighted by molar-refractivity contribution is 0.590. The van der Waals surface area contributed by atoms with Gasteiger partial charge in [0.25, 0.3) is 0 Å². The molecule has 0 N–H and O–H groups in total. The summed E-state index contributed by atoms with van der Waals surface area (Å²) >= 11 is 7.25. The Bertz CT molecular complexity index is 543. The smallest absolute Gasteiger partial charge is 0.139 e. The molecule has 0 bridgehead atoms. The number of halogens is 1. The zero-order valence-corrected chi connectivity index (χ0v) is 13.2. The average molecular weight is 296 g/mol. The van der Waals surface area contributed by atoms with E-state index in [4.69, 9.17) is 11.6 Å². The third-order valence-electron chi connectivity index (χ3n) is 3.07. The lowest BCUT2D eigenvalue weighted by Gasteiger charge is -2.22. The highest BCUT2D eigenvalue weighted by Gasteiger charge is 2.14. The molecule has 0 unspecified atom stereocenters. The molecule has 2 rings (SSSR count). The summed E-state index contributed by atoms with van der Waals surface area (Å²) in [4.78, 5) is 2.12. The third-order valence-corrected chi connectivity index (χ3v) is 4.05. The van der Waals surface area contributed by atoms with Crippen LogP contribution in [0.15, 0.2) is 24.3 Å². The first-order valence-corrected chi connectivity index (χ1v) is 7.31. The van der Waals surface area contributed by atoms with Crippen LogP contribution in [-0.4, -0.2) is 16.6 Å². The fourth-order valence-electron chi connectivity index (χ4n) is 1.82. The zero-order valence-electron chi connectivity index (χ0n) is 11.6. The van der Waals surface area contributed by atoms with Crippen molar-refractivity contribution in [2.45, 2.75) is 32.7 Å². The van der Waals surface area contributed by atoms with Crippen molar-refractivity contribution in [3.63, 3.8) is 0 Å².